The summed E-state index contributed by atoms with van der Waals surface area (Å²) in [6.07, 6.45) is 10.1. The van der Waals surface area contributed by atoms with E-state index in [2.05, 4.69) is 46.6 Å². The number of rotatable bonds is 3. The number of benzene rings is 1. The number of nitrogens with zero attached hydrogens (tertiary/aromatic N) is 3. The van der Waals surface area contributed by atoms with Gasteiger partial charge in [-0.2, -0.15) is 5.10 Å². The second-order valence-electron chi connectivity index (χ2n) is 7.09. The van der Waals surface area contributed by atoms with Crippen LogP contribution in [0.3, 0.4) is 0 Å². The van der Waals surface area contributed by atoms with E-state index in [0.29, 0.717) is 17.1 Å². The van der Waals surface area contributed by atoms with Crippen molar-refractivity contribution in [2.45, 2.75) is 26.7 Å². The molecular formula is C22H22N4O. The highest BCUT2D eigenvalue weighted by atomic mass is 16.1. The first kappa shape index (κ1) is 17.2. The van der Waals surface area contributed by atoms with Crippen molar-refractivity contribution in [1.82, 2.24) is 14.6 Å². The molecule has 5 heteroatoms. The second kappa shape index (κ2) is 6.83. The average Bonchev–Trinajstić information content (AvgIpc) is 3.07. The summed E-state index contributed by atoms with van der Waals surface area (Å²) in [5.41, 5.74) is 4.88. The molecule has 2 aromatic heterocycles. The number of fused-ring (bicyclic) bond motifs is 1. The van der Waals surface area contributed by atoms with Crippen LogP contribution >= 0.6 is 0 Å². The van der Waals surface area contributed by atoms with Crippen molar-refractivity contribution >= 4 is 17.2 Å². The Morgan fingerprint density at radius 1 is 1.11 bits per heavy atom. The van der Waals surface area contributed by atoms with Gasteiger partial charge in [-0.05, 0) is 38.0 Å². The van der Waals surface area contributed by atoms with Gasteiger partial charge in [-0.25, -0.2) is 9.50 Å². The van der Waals surface area contributed by atoms with Crippen LogP contribution in [0.2, 0.25) is 0 Å². The number of aryl methyl sites for hydroxylation is 2. The first-order chi connectivity index (χ1) is 13.0. The van der Waals surface area contributed by atoms with Crippen LogP contribution in [0.4, 0.5) is 5.69 Å². The predicted octanol–water partition coefficient (Wildman–Crippen LogP) is 4.44. The molecule has 1 amide bonds. The maximum Gasteiger partial charge on any atom is 0.261 e. The molecule has 0 saturated carbocycles. The monoisotopic (exact) mass is 358 g/mol. The van der Waals surface area contributed by atoms with Gasteiger partial charge in [0.25, 0.3) is 5.91 Å². The fourth-order valence-corrected chi connectivity index (χ4v) is 3.43. The van der Waals surface area contributed by atoms with Crippen molar-refractivity contribution in [3.05, 3.63) is 83.3 Å². The van der Waals surface area contributed by atoms with Crippen molar-refractivity contribution in [2.24, 2.45) is 5.92 Å². The third-order valence-electron chi connectivity index (χ3n) is 4.93. The van der Waals surface area contributed by atoms with Crippen LogP contribution in [-0.4, -0.2) is 20.5 Å². The van der Waals surface area contributed by atoms with Crippen molar-refractivity contribution in [1.29, 1.82) is 0 Å². The van der Waals surface area contributed by atoms with Gasteiger partial charge >= 0.3 is 0 Å². The Bertz CT molecular complexity index is 1060. The molecule has 2 unspecified atom stereocenters. The van der Waals surface area contributed by atoms with Crippen LogP contribution in [-0.2, 0) is 0 Å². The Kier molecular flexibility index (Phi) is 4.36. The lowest BCUT2D eigenvalue weighted by molar-refractivity contribution is 0.102. The highest BCUT2D eigenvalue weighted by Crippen LogP contribution is 2.30. The van der Waals surface area contributed by atoms with E-state index in [4.69, 9.17) is 0 Å². The molecule has 1 N–H and O–H groups in total. The summed E-state index contributed by atoms with van der Waals surface area (Å²) in [5.74, 6) is 0.353. The van der Waals surface area contributed by atoms with Gasteiger partial charge in [-0.15, -0.1) is 0 Å². The van der Waals surface area contributed by atoms with Crippen LogP contribution in [0.1, 0.15) is 40.2 Å². The molecule has 1 aliphatic rings. The molecule has 1 aromatic carbocycles. The number of hydrogen-bond acceptors (Lipinski definition) is 3. The van der Waals surface area contributed by atoms with Crippen LogP contribution in [0.5, 0.6) is 0 Å². The SMILES string of the molecule is Cc1ccc(NC(=O)c2cnn3c(C4C=CC=CC4C)cc(C)nc23)cc1. The number of carbonyl (C=O) groups is 1. The smallest absolute Gasteiger partial charge is 0.261 e. The Labute approximate surface area is 158 Å². The van der Waals surface area contributed by atoms with Gasteiger partial charge in [0, 0.05) is 17.3 Å². The van der Waals surface area contributed by atoms with Crippen molar-refractivity contribution in [2.75, 3.05) is 5.32 Å². The van der Waals surface area contributed by atoms with Gasteiger partial charge in [0.2, 0.25) is 0 Å². The summed E-state index contributed by atoms with van der Waals surface area (Å²) in [6.45, 7) is 6.15. The number of hydrogen-bond donors (Lipinski definition) is 1. The van der Waals surface area contributed by atoms with E-state index in [-0.39, 0.29) is 11.8 Å². The Morgan fingerprint density at radius 3 is 2.59 bits per heavy atom. The van der Waals surface area contributed by atoms with Crippen LogP contribution in [0.25, 0.3) is 5.65 Å². The first-order valence-corrected chi connectivity index (χ1v) is 9.11. The number of nitrogens with one attached hydrogen (secondary N) is 1. The Morgan fingerprint density at radius 2 is 1.85 bits per heavy atom. The predicted molar refractivity (Wildman–Crippen MR) is 107 cm³/mol. The molecule has 136 valence electrons. The molecule has 0 spiro atoms. The number of amides is 1. The summed E-state index contributed by atoms with van der Waals surface area (Å²) in [4.78, 5) is 17.4. The molecule has 0 saturated heterocycles. The van der Waals surface area contributed by atoms with Crippen molar-refractivity contribution in [3.63, 3.8) is 0 Å². The first-order valence-electron chi connectivity index (χ1n) is 9.11. The fourth-order valence-electron chi connectivity index (χ4n) is 3.43. The summed E-state index contributed by atoms with van der Waals surface area (Å²) in [5, 5.41) is 7.42. The zero-order valence-corrected chi connectivity index (χ0v) is 15.7. The minimum atomic E-state index is -0.204. The maximum absolute atomic E-state index is 12.8. The molecule has 0 bridgehead atoms. The van der Waals surface area contributed by atoms with E-state index in [0.717, 1.165) is 22.6 Å². The number of anilines is 1. The average molecular weight is 358 g/mol. The third-order valence-corrected chi connectivity index (χ3v) is 4.93. The molecule has 4 rings (SSSR count). The quantitative estimate of drug-likeness (QED) is 0.753. The Hall–Kier alpha value is -3.21. The lowest BCUT2D eigenvalue weighted by Gasteiger charge is -2.21. The largest absolute Gasteiger partial charge is 0.322 e. The second-order valence-corrected chi connectivity index (χ2v) is 7.09. The van der Waals surface area contributed by atoms with E-state index in [9.17, 15) is 4.79 Å². The summed E-state index contributed by atoms with van der Waals surface area (Å²) < 4.78 is 1.79. The van der Waals surface area contributed by atoms with Gasteiger partial charge in [0.15, 0.2) is 5.65 Å². The zero-order chi connectivity index (χ0) is 19.0. The molecule has 27 heavy (non-hydrogen) atoms. The minimum Gasteiger partial charge on any atom is -0.322 e. The minimum absolute atomic E-state index is 0.201. The molecule has 2 heterocycles. The number of allylic oxidation sites excluding steroid dienone is 4. The topological polar surface area (TPSA) is 59.3 Å². The van der Waals surface area contributed by atoms with Gasteiger partial charge in [-0.1, -0.05) is 48.9 Å². The molecular weight excluding hydrogens is 336 g/mol. The number of aromatic nitrogens is 3. The van der Waals surface area contributed by atoms with E-state index in [1.54, 1.807) is 10.7 Å². The normalized spacial score (nSPS) is 18.8. The highest BCUT2D eigenvalue weighted by molar-refractivity contribution is 6.08. The van der Waals surface area contributed by atoms with Gasteiger partial charge < -0.3 is 5.32 Å². The van der Waals surface area contributed by atoms with E-state index in [1.807, 2.05) is 44.2 Å². The van der Waals surface area contributed by atoms with Gasteiger partial charge in [0.05, 0.1) is 11.9 Å². The Balaban J connectivity index is 1.73. The maximum atomic E-state index is 12.8. The van der Waals surface area contributed by atoms with E-state index in [1.165, 1.54) is 0 Å². The molecule has 3 aromatic rings. The lowest BCUT2D eigenvalue weighted by Crippen LogP contribution is -2.15. The van der Waals surface area contributed by atoms with Crippen LogP contribution in [0, 0.1) is 19.8 Å². The fraction of sp³-hybridized carbons (Fsp3) is 0.227. The van der Waals surface area contributed by atoms with Crippen LogP contribution in [0.15, 0.2) is 60.8 Å². The molecule has 5 nitrogen and oxygen atoms in total. The highest BCUT2D eigenvalue weighted by Gasteiger charge is 2.23. The van der Waals surface area contributed by atoms with E-state index >= 15 is 0 Å². The standard InChI is InChI=1S/C22H22N4O/c1-14-8-10-17(11-9-14)25-22(27)19-13-23-26-20(12-16(3)24-21(19)26)18-7-5-4-6-15(18)2/h4-13,15,18H,1-3H3,(H,25,27). The molecule has 0 radical (unpaired) electrons. The molecule has 0 fully saturated rings. The van der Waals surface area contributed by atoms with E-state index < -0.39 is 0 Å². The third kappa shape index (κ3) is 3.28. The molecule has 1 aliphatic carbocycles. The van der Waals surface area contributed by atoms with Gasteiger partial charge in [0.1, 0.15) is 5.56 Å². The summed E-state index contributed by atoms with van der Waals surface area (Å²) in [7, 11) is 0. The van der Waals surface area contributed by atoms with Crippen LogP contribution < -0.4 is 5.32 Å². The van der Waals surface area contributed by atoms with Gasteiger partial charge in [-0.3, -0.25) is 4.79 Å². The van der Waals surface area contributed by atoms with Crippen molar-refractivity contribution in [3.8, 4) is 0 Å². The zero-order valence-electron chi connectivity index (χ0n) is 15.7. The molecule has 2 atom stereocenters. The summed E-state index contributed by atoms with van der Waals surface area (Å²) >= 11 is 0. The summed E-state index contributed by atoms with van der Waals surface area (Å²) in [6, 6.07) is 9.77. The molecule has 0 aliphatic heterocycles. The number of carbonyl (C=O) groups excluding carboxylic acids is 1. The van der Waals surface area contributed by atoms with Crippen molar-refractivity contribution < 1.29 is 4.79 Å². The lowest BCUT2D eigenvalue weighted by atomic mass is 9.87.